The highest BCUT2D eigenvalue weighted by Gasteiger charge is 2.20. The molecule has 2 aromatic carbocycles. The van der Waals surface area contributed by atoms with Gasteiger partial charge in [-0.15, -0.1) is 0 Å². The number of anilines is 1. The van der Waals surface area contributed by atoms with Crippen molar-refractivity contribution in [3.05, 3.63) is 59.9 Å². The summed E-state index contributed by atoms with van der Waals surface area (Å²) in [6, 6.07) is 17.7. The molecule has 5 heteroatoms. The van der Waals surface area contributed by atoms with Gasteiger partial charge in [0.2, 0.25) is 0 Å². The van der Waals surface area contributed by atoms with Gasteiger partial charge in [0, 0.05) is 5.69 Å². The van der Waals surface area contributed by atoms with Gasteiger partial charge in [-0.2, -0.15) is 5.26 Å². The maximum absolute atomic E-state index is 9.46. The van der Waals surface area contributed by atoms with Crippen molar-refractivity contribution in [2.24, 2.45) is 0 Å². The summed E-state index contributed by atoms with van der Waals surface area (Å²) in [6.07, 6.45) is 0. The number of imidazole rings is 1. The highest BCUT2D eigenvalue weighted by Crippen LogP contribution is 2.20. The lowest BCUT2D eigenvalue weighted by molar-refractivity contribution is 1.02. The van der Waals surface area contributed by atoms with E-state index in [9.17, 15) is 5.26 Å². The molecule has 0 spiro atoms. The number of nitrogens with one attached hydrogen (secondary N) is 2. The first-order valence-corrected chi connectivity index (χ1v) is 7.30. The Kier molecular flexibility index (Phi) is 3.86. The van der Waals surface area contributed by atoms with Crippen molar-refractivity contribution in [1.29, 1.82) is 5.26 Å². The summed E-state index contributed by atoms with van der Waals surface area (Å²) in [5.74, 6) is -0.0444. The van der Waals surface area contributed by atoms with Gasteiger partial charge >= 0.3 is 0 Å². The van der Waals surface area contributed by atoms with Crippen LogP contribution in [0, 0.1) is 18.3 Å². The van der Waals surface area contributed by atoms with Crippen LogP contribution in [0.2, 0.25) is 0 Å². The third kappa shape index (κ3) is 2.83. The molecular weight excluding hydrogens is 292 g/mol. The number of benzene rings is 2. The Hall–Kier alpha value is -2.71. The SMILES string of the molecule is Cc1ccc(NC(=S)C(C#N)c2nc3ccccc3[nH]2)cc1. The molecule has 0 radical (unpaired) electrons. The van der Waals surface area contributed by atoms with E-state index in [4.69, 9.17) is 12.2 Å². The van der Waals surface area contributed by atoms with Crippen LogP contribution in [-0.2, 0) is 0 Å². The van der Waals surface area contributed by atoms with Gasteiger partial charge in [-0.3, -0.25) is 0 Å². The van der Waals surface area contributed by atoms with Crippen molar-refractivity contribution in [2.75, 3.05) is 5.32 Å². The summed E-state index contributed by atoms with van der Waals surface area (Å²) in [4.78, 5) is 8.05. The average molecular weight is 306 g/mol. The summed E-state index contributed by atoms with van der Waals surface area (Å²) in [6.45, 7) is 2.02. The number of hydrogen-bond acceptors (Lipinski definition) is 3. The molecule has 0 fully saturated rings. The Balaban J connectivity index is 1.85. The fraction of sp³-hybridized carbons (Fsp3) is 0.118. The number of aromatic nitrogens is 2. The third-order valence-corrected chi connectivity index (χ3v) is 3.73. The molecule has 0 aliphatic rings. The van der Waals surface area contributed by atoms with Crippen molar-refractivity contribution in [1.82, 2.24) is 9.97 Å². The van der Waals surface area contributed by atoms with Gasteiger partial charge in [-0.05, 0) is 31.2 Å². The second-order valence-electron chi connectivity index (χ2n) is 5.06. The standard InChI is InChI=1S/C17H14N4S/c1-11-6-8-12(9-7-11)19-17(22)13(10-18)16-20-14-4-2-3-5-15(14)21-16/h2-9,13H,1H3,(H,19,22)(H,20,21). The number of thiocarbonyl (C=S) groups is 1. The monoisotopic (exact) mass is 306 g/mol. The molecule has 1 atom stereocenters. The Morgan fingerprint density at radius 2 is 1.95 bits per heavy atom. The zero-order valence-electron chi connectivity index (χ0n) is 12.0. The molecule has 0 aliphatic heterocycles. The maximum atomic E-state index is 9.46. The summed E-state index contributed by atoms with van der Waals surface area (Å²) in [5.41, 5.74) is 3.77. The predicted octanol–water partition coefficient (Wildman–Crippen LogP) is 3.92. The molecule has 0 saturated carbocycles. The van der Waals surface area contributed by atoms with Crippen molar-refractivity contribution < 1.29 is 0 Å². The van der Waals surface area contributed by atoms with Gasteiger partial charge in [-0.25, -0.2) is 4.98 Å². The van der Waals surface area contributed by atoms with Crippen LogP contribution in [0.15, 0.2) is 48.5 Å². The topological polar surface area (TPSA) is 64.5 Å². The molecule has 108 valence electrons. The quantitative estimate of drug-likeness (QED) is 0.720. The molecule has 0 aliphatic carbocycles. The first kappa shape index (κ1) is 14.2. The molecule has 0 saturated heterocycles. The van der Waals surface area contributed by atoms with Crippen molar-refractivity contribution >= 4 is 33.9 Å². The van der Waals surface area contributed by atoms with Crippen LogP contribution in [-0.4, -0.2) is 15.0 Å². The molecular formula is C17H14N4S. The van der Waals surface area contributed by atoms with Crippen LogP contribution in [0.4, 0.5) is 5.69 Å². The molecule has 3 rings (SSSR count). The number of H-pyrrole nitrogens is 1. The Labute approximate surface area is 133 Å². The minimum absolute atomic E-state index is 0.436. The number of nitrogens with zero attached hydrogens (tertiary/aromatic N) is 2. The highest BCUT2D eigenvalue weighted by molar-refractivity contribution is 7.80. The second-order valence-corrected chi connectivity index (χ2v) is 5.50. The lowest BCUT2D eigenvalue weighted by atomic mass is 10.1. The Morgan fingerprint density at radius 1 is 1.23 bits per heavy atom. The Bertz CT molecular complexity index is 825. The third-order valence-electron chi connectivity index (χ3n) is 3.39. The van der Waals surface area contributed by atoms with Gasteiger partial charge in [0.1, 0.15) is 10.8 Å². The maximum Gasteiger partial charge on any atom is 0.154 e. The molecule has 2 N–H and O–H groups in total. The molecule has 22 heavy (non-hydrogen) atoms. The van der Waals surface area contributed by atoms with Crippen molar-refractivity contribution in [3.63, 3.8) is 0 Å². The largest absolute Gasteiger partial charge is 0.349 e. The number of rotatable bonds is 3. The van der Waals surface area contributed by atoms with Gasteiger partial charge in [0.15, 0.2) is 5.92 Å². The second kappa shape index (κ2) is 5.96. The highest BCUT2D eigenvalue weighted by atomic mass is 32.1. The van der Waals surface area contributed by atoms with Crippen LogP contribution >= 0.6 is 12.2 Å². The first-order valence-electron chi connectivity index (χ1n) is 6.89. The van der Waals surface area contributed by atoms with E-state index < -0.39 is 5.92 Å². The van der Waals surface area contributed by atoms with Crippen LogP contribution in [0.1, 0.15) is 17.3 Å². The fourth-order valence-corrected chi connectivity index (χ4v) is 2.49. The van der Waals surface area contributed by atoms with E-state index in [1.165, 1.54) is 5.56 Å². The number of nitriles is 1. The van der Waals surface area contributed by atoms with Crippen LogP contribution in [0.5, 0.6) is 0 Å². The molecule has 1 unspecified atom stereocenters. The van der Waals surface area contributed by atoms with E-state index in [1.807, 2.05) is 55.5 Å². The Morgan fingerprint density at radius 3 is 2.64 bits per heavy atom. The summed E-state index contributed by atoms with van der Waals surface area (Å²) in [5, 5.41) is 12.6. The van der Waals surface area contributed by atoms with Gasteiger partial charge < -0.3 is 10.3 Å². The number of hydrogen-bond donors (Lipinski definition) is 2. The first-order chi connectivity index (χ1) is 10.7. The minimum Gasteiger partial charge on any atom is -0.349 e. The minimum atomic E-state index is -0.608. The van der Waals surface area contributed by atoms with E-state index in [0.29, 0.717) is 10.8 Å². The van der Waals surface area contributed by atoms with Crippen molar-refractivity contribution in [3.8, 4) is 6.07 Å². The van der Waals surface area contributed by atoms with Crippen molar-refractivity contribution in [2.45, 2.75) is 12.8 Å². The summed E-state index contributed by atoms with van der Waals surface area (Å²) < 4.78 is 0. The molecule has 4 nitrogen and oxygen atoms in total. The van der Waals surface area contributed by atoms with Gasteiger partial charge in [0.05, 0.1) is 17.1 Å². The number of aryl methyl sites for hydroxylation is 1. The van der Waals surface area contributed by atoms with E-state index in [-0.39, 0.29) is 0 Å². The van der Waals surface area contributed by atoms with Crippen LogP contribution < -0.4 is 5.32 Å². The van der Waals surface area contributed by atoms with E-state index in [1.54, 1.807) is 0 Å². The molecule has 0 amide bonds. The zero-order chi connectivity index (χ0) is 15.5. The lowest BCUT2D eigenvalue weighted by Gasteiger charge is -2.11. The fourth-order valence-electron chi connectivity index (χ4n) is 2.20. The smallest absolute Gasteiger partial charge is 0.154 e. The summed E-state index contributed by atoms with van der Waals surface area (Å²) in [7, 11) is 0. The van der Waals surface area contributed by atoms with Gasteiger partial charge in [0.25, 0.3) is 0 Å². The van der Waals surface area contributed by atoms with Gasteiger partial charge in [-0.1, -0.05) is 42.0 Å². The number of para-hydroxylation sites is 2. The van der Waals surface area contributed by atoms with Crippen LogP contribution in [0.3, 0.4) is 0 Å². The molecule has 1 aromatic heterocycles. The molecule has 1 heterocycles. The lowest BCUT2D eigenvalue weighted by Crippen LogP contribution is -2.19. The van der Waals surface area contributed by atoms with E-state index in [0.717, 1.165) is 16.7 Å². The van der Waals surface area contributed by atoms with Crippen LogP contribution in [0.25, 0.3) is 11.0 Å². The number of aromatic amines is 1. The van der Waals surface area contributed by atoms with E-state index in [2.05, 4.69) is 21.4 Å². The predicted molar refractivity (Wildman–Crippen MR) is 91.8 cm³/mol. The number of fused-ring (bicyclic) bond motifs is 1. The molecule has 0 bridgehead atoms. The normalized spacial score (nSPS) is 11.8. The summed E-state index contributed by atoms with van der Waals surface area (Å²) >= 11 is 5.38. The average Bonchev–Trinajstić information content (AvgIpc) is 2.94. The zero-order valence-corrected chi connectivity index (χ0v) is 12.8. The molecule has 3 aromatic rings. The van der Waals surface area contributed by atoms with E-state index >= 15 is 0 Å².